The first-order chi connectivity index (χ1) is 13.6. The van der Waals surface area contributed by atoms with Crippen molar-refractivity contribution in [1.82, 2.24) is 10.3 Å². The van der Waals surface area contributed by atoms with Crippen molar-refractivity contribution in [2.75, 3.05) is 5.32 Å². The van der Waals surface area contributed by atoms with E-state index >= 15 is 0 Å². The number of aromatic nitrogens is 1. The topological polar surface area (TPSA) is 91.0 Å². The summed E-state index contributed by atoms with van der Waals surface area (Å²) in [6.07, 6.45) is -2.67. The first-order valence-electron chi connectivity index (χ1n) is 7.97. The number of nitriles is 1. The maximum Gasteiger partial charge on any atom is 0.416 e. The molecule has 6 nitrogen and oxygen atoms in total. The molecule has 29 heavy (non-hydrogen) atoms. The summed E-state index contributed by atoms with van der Waals surface area (Å²) in [4.78, 5) is 15.8. The number of nitrogens with zero attached hydrogens (tertiary/aromatic N) is 2. The maximum atomic E-state index is 13.9. The Labute approximate surface area is 159 Å². The van der Waals surface area contributed by atoms with Gasteiger partial charge < -0.3 is 15.1 Å². The van der Waals surface area contributed by atoms with Crippen LogP contribution in [0.2, 0.25) is 0 Å². The number of nitrogens with one attached hydrogen (secondary N) is 2. The van der Waals surface area contributed by atoms with Crippen LogP contribution in [0.3, 0.4) is 0 Å². The van der Waals surface area contributed by atoms with Crippen molar-refractivity contribution >= 4 is 22.7 Å². The zero-order valence-electron chi connectivity index (χ0n) is 14.6. The number of alkyl halides is 3. The lowest BCUT2D eigenvalue weighted by Gasteiger charge is -2.20. The molecule has 0 spiro atoms. The van der Waals surface area contributed by atoms with Gasteiger partial charge in [-0.1, -0.05) is 0 Å². The first-order valence-corrected chi connectivity index (χ1v) is 7.97. The molecule has 2 heterocycles. The molecule has 0 aliphatic rings. The molecule has 0 unspecified atom stereocenters. The lowest BCUT2D eigenvalue weighted by atomic mass is 10.1. The molecule has 11 heteroatoms. The molecule has 0 bridgehead atoms. The number of rotatable bonds is 3. The number of benzene rings is 1. The standard InChI is InChI=1S/C18H11F5N4O2/c1-8-12-3-10(19)4-13(20)15(12)29-14(8)16(18(21,22)23)27-17(28)26-11-2-9(5-24)6-25-7-11/h2-4,6-7,16H,1H3,(H2,26,27,28)/t16-/m1/s1. The predicted octanol–water partition coefficient (Wildman–Crippen LogP) is 4.71. The monoisotopic (exact) mass is 410 g/mol. The highest BCUT2D eigenvalue weighted by Gasteiger charge is 2.45. The van der Waals surface area contributed by atoms with Gasteiger partial charge in [0.15, 0.2) is 17.4 Å². The van der Waals surface area contributed by atoms with Gasteiger partial charge in [0.1, 0.15) is 17.6 Å². The Morgan fingerprint density at radius 3 is 2.62 bits per heavy atom. The Hall–Kier alpha value is -3.68. The van der Waals surface area contributed by atoms with Crippen molar-refractivity contribution in [2.45, 2.75) is 19.1 Å². The fourth-order valence-corrected chi connectivity index (χ4v) is 2.70. The summed E-state index contributed by atoms with van der Waals surface area (Å²) < 4.78 is 73.1. The highest BCUT2D eigenvalue weighted by atomic mass is 19.4. The van der Waals surface area contributed by atoms with Crippen LogP contribution < -0.4 is 10.6 Å². The first kappa shape index (κ1) is 20.1. The van der Waals surface area contributed by atoms with E-state index in [9.17, 15) is 26.7 Å². The second-order valence-electron chi connectivity index (χ2n) is 6.00. The molecule has 2 amide bonds. The second kappa shape index (κ2) is 7.38. The molecule has 0 aliphatic carbocycles. The van der Waals surface area contributed by atoms with E-state index in [4.69, 9.17) is 9.68 Å². The number of amides is 2. The summed E-state index contributed by atoms with van der Waals surface area (Å²) in [5, 5.41) is 12.4. The third kappa shape index (κ3) is 4.11. The SMILES string of the molecule is Cc1c([C@@H](NC(=O)Nc2cncc(C#N)c2)C(F)(F)F)oc2c(F)cc(F)cc12. The highest BCUT2D eigenvalue weighted by Crippen LogP contribution is 2.39. The molecular formula is C18H11F5N4O2. The van der Waals surface area contributed by atoms with Crippen LogP contribution in [0, 0.1) is 29.9 Å². The molecule has 0 saturated heterocycles. The van der Waals surface area contributed by atoms with Crippen LogP contribution in [0.25, 0.3) is 11.0 Å². The minimum Gasteiger partial charge on any atom is -0.455 e. The Morgan fingerprint density at radius 2 is 1.97 bits per heavy atom. The van der Waals surface area contributed by atoms with Crippen molar-refractivity contribution < 1.29 is 31.2 Å². The summed E-state index contributed by atoms with van der Waals surface area (Å²) in [5.74, 6) is -2.93. The van der Waals surface area contributed by atoms with Crippen molar-refractivity contribution in [3.8, 4) is 6.07 Å². The number of urea groups is 1. The number of fused-ring (bicyclic) bond motifs is 1. The number of carbonyl (C=O) groups is 1. The van der Waals surface area contributed by atoms with Gasteiger partial charge in [-0.2, -0.15) is 18.4 Å². The molecule has 3 aromatic rings. The molecule has 0 fully saturated rings. The van der Waals surface area contributed by atoms with E-state index in [-0.39, 0.29) is 22.2 Å². The van der Waals surface area contributed by atoms with Gasteiger partial charge in [-0.3, -0.25) is 4.98 Å². The van der Waals surface area contributed by atoms with Crippen LogP contribution in [0.4, 0.5) is 32.4 Å². The van der Waals surface area contributed by atoms with Crippen molar-refractivity contribution in [2.24, 2.45) is 0 Å². The summed E-state index contributed by atoms with van der Waals surface area (Å²) in [7, 11) is 0. The summed E-state index contributed by atoms with van der Waals surface area (Å²) in [5.41, 5.74) is -0.659. The van der Waals surface area contributed by atoms with E-state index in [0.717, 1.165) is 12.3 Å². The number of pyridine rings is 1. The zero-order chi connectivity index (χ0) is 21.3. The van der Waals surface area contributed by atoms with Crippen LogP contribution >= 0.6 is 0 Å². The molecule has 0 saturated carbocycles. The molecular weight excluding hydrogens is 399 g/mol. The van der Waals surface area contributed by atoms with E-state index in [1.165, 1.54) is 19.2 Å². The van der Waals surface area contributed by atoms with E-state index in [2.05, 4.69) is 10.3 Å². The van der Waals surface area contributed by atoms with E-state index in [0.29, 0.717) is 6.07 Å². The minimum absolute atomic E-state index is 0.0167. The number of hydrogen-bond donors (Lipinski definition) is 2. The lowest BCUT2D eigenvalue weighted by molar-refractivity contribution is -0.158. The van der Waals surface area contributed by atoms with Gasteiger partial charge in [0.2, 0.25) is 0 Å². The minimum atomic E-state index is -5.00. The van der Waals surface area contributed by atoms with Gasteiger partial charge in [-0.25, -0.2) is 13.6 Å². The fraction of sp³-hybridized carbons (Fsp3) is 0.167. The average Bonchev–Trinajstić information content (AvgIpc) is 2.96. The van der Waals surface area contributed by atoms with E-state index in [1.54, 1.807) is 11.4 Å². The van der Waals surface area contributed by atoms with Crippen molar-refractivity contribution in [1.29, 1.82) is 5.26 Å². The molecule has 1 aromatic carbocycles. The predicted molar refractivity (Wildman–Crippen MR) is 90.8 cm³/mol. The number of anilines is 1. The van der Waals surface area contributed by atoms with Crippen LogP contribution in [0.1, 0.15) is 22.9 Å². The quantitative estimate of drug-likeness (QED) is 0.612. The number of carbonyl (C=O) groups excluding carboxylic acids is 1. The lowest BCUT2D eigenvalue weighted by Crippen LogP contribution is -2.40. The number of furan rings is 1. The molecule has 2 aromatic heterocycles. The highest BCUT2D eigenvalue weighted by molar-refractivity contribution is 5.90. The average molecular weight is 410 g/mol. The second-order valence-corrected chi connectivity index (χ2v) is 6.00. The molecule has 0 radical (unpaired) electrons. The summed E-state index contributed by atoms with van der Waals surface area (Å²) in [6.45, 7) is 1.19. The van der Waals surface area contributed by atoms with Crippen molar-refractivity contribution in [3.05, 3.63) is 59.1 Å². The maximum absolute atomic E-state index is 13.9. The molecule has 150 valence electrons. The Morgan fingerprint density at radius 1 is 1.24 bits per heavy atom. The van der Waals surface area contributed by atoms with Gasteiger partial charge in [0, 0.05) is 23.2 Å². The summed E-state index contributed by atoms with van der Waals surface area (Å²) in [6, 6.07) is 0.394. The third-order valence-electron chi connectivity index (χ3n) is 3.98. The number of aryl methyl sites for hydroxylation is 1. The van der Waals surface area contributed by atoms with Gasteiger partial charge in [-0.15, -0.1) is 0 Å². The fourth-order valence-electron chi connectivity index (χ4n) is 2.70. The van der Waals surface area contributed by atoms with Gasteiger partial charge in [0.05, 0.1) is 17.4 Å². The Kier molecular flexibility index (Phi) is 5.11. The summed E-state index contributed by atoms with van der Waals surface area (Å²) >= 11 is 0. The van der Waals surface area contributed by atoms with Crippen LogP contribution in [0.15, 0.2) is 35.0 Å². The van der Waals surface area contributed by atoms with Crippen LogP contribution in [-0.4, -0.2) is 17.2 Å². The Bertz CT molecular complexity index is 1130. The Balaban J connectivity index is 1.94. The van der Waals surface area contributed by atoms with E-state index in [1.807, 2.05) is 0 Å². The van der Waals surface area contributed by atoms with Gasteiger partial charge in [-0.05, 0) is 19.1 Å². The normalized spacial score (nSPS) is 12.4. The third-order valence-corrected chi connectivity index (χ3v) is 3.98. The number of hydrogen-bond acceptors (Lipinski definition) is 4. The molecule has 1 atom stereocenters. The van der Waals surface area contributed by atoms with Gasteiger partial charge >= 0.3 is 12.2 Å². The van der Waals surface area contributed by atoms with Crippen LogP contribution in [-0.2, 0) is 0 Å². The molecule has 3 rings (SSSR count). The molecule has 0 aliphatic heterocycles. The van der Waals surface area contributed by atoms with Gasteiger partial charge in [0.25, 0.3) is 0 Å². The number of halogens is 5. The van der Waals surface area contributed by atoms with E-state index < -0.39 is 41.2 Å². The smallest absolute Gasteiger partial charge is 0.416 e. The molecule has 2 N–H and O–H groups in total. The van der Waals surface area contributed by atoms with Crippen molar-refractivity contribution in [3.63, 3.8) is 0 Å². The zero-order valence-corrected chi connectivity index (χ0v) is 14.6. The van der Waals surface area contributed by atoms with Crippen LogP contribution in [0.5, 0.6) is 0 Å². The largest absolute Gasteiger partial charge is 0.455 e.